The molecule has 0 amide bonds. The largest absolute Gasteiger partial charge is 0.493 e. The van der Waals surface area contributed by atoms with Gasteiger partial charge in [-0.15, -0.1) is 11.3 Å². The van der Waals surface area contributed by atoms with Gasteiger partial charge >= 0.3 is 0 Å². The van der Waals surface area contributed by atoms with Crippen LogP contribution < -0.4 is 19.0 Å². The van der Waals surface area contributed by atoms with Gasteiger partial charge in [0.2, 0.25) is 5.75 Å². The third-order valence-electron chi connectivity index (χ3n) is 5.13. The van der Waals surface area contributed by atoms with Crippen molar-refractivity contribution in [1.82, 2.24) is 9.55 Å². The van der Waals surface area contributed by atoms with E-state index in [1.807, 2.05) is 35.7 Å². The normalized spacial score (nSPS) is 11.5. The number of thiazole rings is 1. The molecule has 2 aromatic carbocycles. The zero-order valence-corrected chi connectivity index (χ0v) is 19.4. The second kappa shape index (κ2) is 10.3. The zero-order chi connectivity index (χ0) is 23.2. The quantitative estimate of drug-likeness (QED) is 0.357. The number of pyridine rings is 1. The standard InChI is InChI=1S/C25H24FN3O3S/c1-30-22-14-17(15-23(31-2)24(22)32-3)21-16-33-25(28-20-9-7-18(26)8-10-20)29(21)13-11-19-6-4-5-12-27-19/h4-10,12,14-16H,11,13H2,1-3H3. The van der Waals surface area contributed by atoms with Crippen LogP contribution in [0.5, 0.6) is 17.2 Å². The van der Waals surface area contributed by atoms with Gasteiger partial charge in [-0.1, -0.05) is 6.07 Å². The summed E-state index contributed by atoms with van der Waals surface area (Å²) in [4.78, 5) is 10.0. The van der Waals surface area contributed by atoms with Gasteiger partial charge in [0.25, 0.3) is 0 Å². The van der Waals surface area contributed by atoms with Crippen LogP contribution >= 0.6 is 11.3 Å². The minimum atomic E-state index is -0.290. The number of aromatic nitrogens is 2. The maximum Gasteiger partial charge on any atom is 0.203 e. The van der Waals surface area contributed by atoms with Crippen LogP contribution in [0.3, 0.4) is 0 Å². The summed E-state index contributed by atoms with van der Waals surface area (Å²) in [7, 11) is 4.77. The van der Waals surface area contributed by atoms with Gasteiger partial charge in [0.15, 0.2) is 16.3 Å². The van der Waals surface area contributed by atoms with Gasteiger partial charge in [-0.3, -0.25) is 4.98 Å². The Morgan fingerprint density at radius 2 is 1.70 bits per heavy atom. The predicted molar refractivity (Wildman–Crippen MR) is 127 cm³/mol. The van der Waals surface area contributed by atoms with Gasteiger partial charge in [-0.2, -0.15) is 0 Å². The topological polar surface area (TPSA) is 57.9 Å². The van der Waals surface area contributed by atoms with Crippen LogP contribution in [0.25, 0.3) is 11.3 Å². The number of ether oxygens (including phenoxy) is 3. The van der Waals surface area contributed by atoms with E-state index in [-0.39, 0.29) is 5.82 Å². The van der Waals surface area contributed by atoms with E-state index in [9.17, 15) is 4.39 Å². The van der Waals surface area contributed by atoms with Crippen molar-refractivity contribution in [3.63, 3.8) is 0 Å². The first-order chi connectivity index (χ1) is 16.1. The fraction of sp³-hybridized carbons (Fsp3) is 0.200. The van der Waals surface area contributed by atoms with E-state index in [0.29, 0.717) is 29.5 Å². The van der Waals surface area contributed by atoms with E-state index in [1.165, 1.54) is 23.5 Å². The first-order valence-electron chi connectivity index (χ1n) is 10.3. The summed E-state index contributed by atoms with van der Waals surface area (Å²) in [6, 6.07) is 15.9. The fourth-order valence-electron chi connectivity index (χ4n) is 3.49. The first kappa shape index (κ1) is 22.5. The monoisotopic (exact) mass is 465 g/mol. The lowest BCUT2D eigenvalue weighted by Gasteiger charge is -2.15. The number of aryl methyl sites for hydroxylation is 1. The Kier molecular flexibility index (Phi) is 7.04. The summed E-state index contributed by atoms with van der Waals surface area (Å²) >= 11 is 1.51. The molecule has 2 aromatic heterocycles. The molecule has 0 unspecified atom stereocenters. The van der Waals surface area contributed by atoms with Gasteiger partial charge in [0.05, 0.1) is 32.7 Å². The lowest BCUT2D eigenvalue weighted by atomic mass is 10.1. The molecule has 0 aliphatic heterocycles. The zero-order valence-electron chi connectivity index (χ0n) is 18.6. The predicted octanol–water partition coefficient (Wildman–Crippen LogP) is 5.25. The van der Waals surface area contributed by atoms with Gasteiger partial charge in [-0.25, -0.2) is 9.38 Å². The van der Waals surface area contributed by atoms with E-state index in [1.54, 1.807) is 39.7 Å². The van der Waals surface area contributed by atoms with Gasteiger partial charge in [0.1, 0.15) is 5.82 Å². The molecule has 6 nitrogen and oxygen atoms in total. The van der Waals surface area contributed by atoms with E-state index in [0.717, 1.165) is 28.2 Å². The summed E-state index contributed by atoms with van der Waals surface area (Å²) in [5, 5.41) is 2.04. The Bertz CT molecular complexity index is 1260. The van der Waals surface area contributed by atoms with Crippen molar-refractivity contribution in [3.8, 4) is 28.5 Å². The smallest absolute Gasteiger partial charge is 0.203 e. The average molecular weight is 466 g/mol. The van der Waals surface area contributed by atoms with Crippen molar-refractivity contribution in [2.24, 2.45) is 4.99 Å². The average Bonchev–Trinajstić information content (AvgIpc) is 3.26. The van der Waals surface area contributed by atoms with Gasteiger partial charge in [0, 0.05) is 35.8 Å². The highest BCUT2D eigenvalue weighted by Crippen LogP contribution is 2.41. The lowest BCUT2D eigenvalue weighted by Crippen LogP contribution is -2.17. The number of benzene rings is 2. The molecule has 8 heteroatoms. The third kappa shape index (κ3) is 5.06. The second-order valence-electron chi connectivity index (χ2n) is 7.13. The van der Waals surface area contributed by atoms with Crippen LogP contribution in [0.15, 0.2) is 71.2 Å². The molecular weight excluding hydrogens is 441 g/mol. The van der Waals surface area contributed by atoms with Crippen molar-refractivity contribution in [2.75, 3.05) is 21.3 Å². The molecule has 0 saturated heterocycles. The van der Waals surface area contributed by atoms with E-state index >= 15 is 0 Å². The summed E-state index contributed by atoms with van der Waals surface area (Å²) in [5.74, 6) is 1.40. The molecule has 4 aromatic rings. The highest BCUT2D eigenvalue weighted by atomic mass is 32.1. The molecule has 0 bridgehead atoms. The number of methoxy groups -OCH3 is 3. The van der Waals surface area contributed by atoms with Crippen molar-refractivity contribution >= 4 is 17.0 Å². The molecule has 170 valence electrons. The maximum atomic E-state index is 13.4. The Morgan fingerprint density at radius 3 is 2.30 bits per heavy atom. The number of halogens is 1. The summed E-state index contributed by atoms with van der Waals surface area (Å²) in [6.45, 7) is 0.659. The molecule has 2 heterocycles. The number of hydrogen-bond acceptors (Lipinski definition) is 6. The maximum absolute atomic E-state index is 13.4. The Hall–Kier alpha value is -3.65. The number of rotatable bonds is 8. The highest BCUT2D eigenvalue weighted by Gasteiger charge is 2.17. The minimum Gasteiger partial charge on any atom is -0.493 e. The van der Waals surface area contributed by atoms with Crippen LogP contribution in [0.4, 0.5) is 10.1 Å². The third-order valence-corrected chi connectivity index (χ3v) is 5.99. The molecule has 0 aliphatic rings. The Balaban J connectivity index is 1.82. The van der Waals surface area contributed by atoms with E-state index in [4.69, 9.17) is 19.2 Å². The molecule has 0 fully saturated rings. The van der Waals surface area contributed by atoms with Crippen molar-refractivity contribution < 1.29 is 18.6 Å². The fourth-order valence-corrected chi connectivity index (χ4v) is 4.45. The summed E-state index contributed by atoms with van der Waals surface area (Å²) in [6.07, 6.45) is 2.52. The van der Waals surface area contributed by atoms with E-state index in [2.05, 4.69) is 9.55 Å². The molecule has 0 atom stereocenters. The highest BCUT2D eigenvalue weighted by molar-refractivity contribution is 7.07. The molecule has 0 radical (unpaired) electrons. The first-order valence-corrected chi connectivity index (χ1v) is 11.2. The van der Waals surface area contributed by atoms with Crippen molar-refractivity contribution in [2.45, 2.75) is 13.0 Å². The Labute approximate surface area is 195 Å². The summed E-state index contributed by atoms with van der Waals surface area (Å²) in [5.41, 5.74) is 3.53. The molecule has 0 spiro atoms. The SMILES string of the molecule is COc1cc(-c2csc(=Nc3ccc(F)cc3)n2CCc2ccccn2)cc(OC)c1OC. The van der Waals surface area contributed by atoms with Crippen LogP contribution in [0, 0.1) is 5.82 Å². The molecular formula is C25H24FN3O3S. The lowest BCUT2D eigenvalue weighted by molar-refractivity contribution is 0.324. The van der Waals surface area contributed by atoms with Crippen molar-refractivity contribution in [1.29, 1.82) is 0 Å². The van der Waals surface area contributed by atoms with Crippen LogP contribution in [0.2, 0.25) is 0 Å². The van der Waals surface area contributed by atoms with Gasteiger partial charge < -0.3 is 18.8 Å². The Morgan fingerprint density at radius 1 is 0.970 bits per heavy atom. The molecule has 0 aliphatic carbocycles. The molecule has 33 heavy (non-hydrogen) atoms. The van der Waals surface area contributed by atoms with E-state index < -0.39 is 0 Å². The second-order valence-corrected chi connectivity index (χ2v) is 7.97. The number of hydrogen-bond donors (Lipinski definition) is 0. The van der Waals surface area contributed by atoms with Crippen LogP contribution in [0.1, 0.15) is 5.69 Å². The molecule has 0 saturated carbocycles. The van der Waals surface area contributed by atoms with Crippen molar-refractivity contribution in [3.05, 3.63) is 82.5 Å². The van der Waals surface area contributed by atoms with Crippen LogP contribution in [-0.2, 0) is 13.0 Å². The molecule has 0 N–H and O–H groups in total. The van der Waals surface area contributed by atoms with Crippen LogP contribution in [-0.4, -0.2) is 30.9 Å². The number of nitrogens with zero attached hydrogens (tertiary/aromatic N) is 3. The van der Waals surface area contributed by atoms with Gasteiger partial charge in [-0.05, 0) is 48.5 Å². The molecule has 4 rings (SSSR count). The minimum absolute atomic E-state index is 0.290. The summed E-state index contributed by atoms with van der Waals surface area (Å²) < 4.78 is 32.0.